The first-order valence-electron chi connectivity index (χ1n) is 7.47. The van der Waals surface area contributed by atoms with E-state index < -0.39 is 0 Å². The molecule has 0 saturated heterocycles. The van der Waals surface area contributed by atoms with E-state index in [-0.39, 0.29) is 0 Å². The highest BCUT2D eigenvalue weighted by atomic mass is 16.5. The summed E-state index contributed by atoms with van der Waals surface area (Å²) in [5.74, 6) is 0.936. The predicted octanol–water partition coefficient (Wildman–Crippen LogP) is 3.59. The van der Waals surface area contributed by atoms with Crippen LogP contribution in [-0.4, -0.2) is 31.6 Å². The molecule has 0 saturated carbocycles. The van der Waals surface area contributed by atoms with Gasteiger partial charge in [0, 0.05) is 12.6 Å². The molecule has 0 fully saturated rings. The van der Waals surface area contributed by atoms with Gasteiger partial charge in [-0.05, 0) is 56.0 Å². The second kappa shape index (κ2) is 5.84. The molecule has 0 N–H and O–H groups in total. The quantitative estimate of drug-likeness (QED) is 0.778. The fraction of sp³-hybridized carbons (Fsp3) is 0.444. The van der Waals surface area contributed by atoms with Crippen molar-refractivity contribution in [2.45, 2.75) is 31.7 Å². The molecule has 2 nitrogen and oxygen atoms in total. The molecule has 0 unspecified atom stereocenters. The number of allylic oxidation sites excluding steroid dienone is 2. The first-order valence-corrected chi connectivity index (χ1v) is 7.47. The van der Waals surface area contributed by atoms with Gasteiger partial charge < -0.3 is 4.74 Å². The third-order valence-electron chi connectivity index (χ3n) is 4.61. The summed E-state index contributed by atoms with van der Waals surface area (Å²) in [7, 11) is 3.98. The first-order chi connectivity index (χ1) is 9.78. The van der Waals surface area contributed by atoms with Crippen LogP contribution in [0.2, 0.25) is 0 Å². The second-order valence-electron chi connectivity index (χ2n) is 5.81. The van der Waals surface area contributed by atoms with Crippen LogP contribution >= 0.6 is 0 Å². The normalized spacial score (nSPS) is 22.8. The molecular formula is C18H23NO. The largest absolute Gasteiger partial charge is 0.497 e. The number of methoxy groups -OCH3 is 1. The topological polar surface area (TPSA) is 12.5 Å². The summed E-state index contributed by atoms with van der Waals surface area (Å²) in [5, 5.41) is 0. The molecule has 1 atom stereocenters. The van der Waals surface area contributed by atoms with Crippen molar-refractivity contribution in [1.29, 1.82) is 0 Å². The van der Waals surface area contributed by atoms with Crippen molar-refractivity contribution in [2.24, 2.45) is 0 Å². The van der Waals surface area contributed by atoms with Crippen LogP contribution in [0.4, 0.5) is 0 Å². The lowest BCUT2D eigenvalue weighted by Gasteiger charge is -2.37. The van der Waals surface area contributed by atoms with Crippen molar-refractivity contribution >= 4 is 0 Å². The van der Waals surface area contributed by atoms with E-state index in [2.05, 4.69) is 48.4 Å². The molecule has 1 aliphatic heterocycles. The Kier molecular flexibility index (Phi) is 3.93. The standard InChI is InChI=1S/C18H23NO/c1-19-12-11-15-5-3-4-6-17(15)18(19)13-14-7-9-16(20-2)10-8-14/h3-4,7-10,18H,5-6,11-13H2,1-2H3/t18-/m0/s1. The maximum absolute atomic E-state index is 5.24. The maximum Gasteiger partial charge on any atom is 0.118 e. The van der Waals surface area contributed by atoms with Crippen molar-refractivity contribution in [1.82, 2.24) is 4.90 Å². The fourth-order valence-electron chi connectivity index (χ4n) is 3.34. The van der Waals surface area contributed by atoms with E-state index in [9.17, 15) is 0 Å². The van der Waals surface area contributed by atoms with Crippen LogP contribution in [-0.2, 0) is 6.42 Å². The van der Waals surface area contributed by atoms with E-state index in [4.69, 9.17) is 4.74 Å². The Hall–Kier alpha value is -1.54. The van der Waals surface area contributed by atoms with Crippen molar-refractivity contribution in [3.8, 4) is 5.75 Å². The van der Waals surface area contributed by atoms with E-state index in [1.54, 1.807) is 18.3 Å². The van der Waals surface area contributed by atoms with Gasteiger partial charge in [0.15, 0.2) is 0 Å². The minimum absolute atomic E-state index is 0.567. The molecule has 2 heteroatoms. The highest BCUT2D eigenvalue weighted by Gasteiger charge is 2.27. The molecule has 1 aromatic rings. The average Bonchev–Trinajstić information content (AvgIpc) is 2.51. The van der Waals surface area contributed by atoms with E-state index in [0.717, 1.165) is 18.6 Å². The van der Waals surface area contributed by atoms with Crippen LogP contribution in [0.15, 0.2) is 47.6 Å². The molecule has 0 aromatic heterocycles. The average molecular weight is 269 g/mol. The molecule has 1 aromatic carbocycles. The summed E-state index contributed by atoms with van der Waals surface area (Å²) in [6, 6.07) is 9.08. The van der Waals surface area contributed by atoms with E-state index in [0.29, 0.717) is 6.04 Å². The van der Waals surface area contributed by atoms with Crippen molar-refractivity contribution in [2.75, 3.05) is 20.7 Å². The molecule has 2 aliphatic rings. The van der Waals surface area contributed by atoms with Gasteiger partial charge in [0.2, 0.25) is 0 Å². The first kappa shape index (κ1) is 13.4. The van der Waals surface area contributed by atoms with Crippen LogP contribution in [0.3, 0.4) is 0 Å². The minimum Gasteiger partial charge on any atom is -0.497 e. The summed E-state index contributed by atoms with van der Waals surface area (Å²) in [6.45, 7) is 1.19. The van der Waals surface area contributed by atoms with Crippen LogP contribution < -0.4 is 4.74 Å². The Morgan fingerprint density at radius 1 is 1.15 bits per heavy atom. The summed E-state index contributed by atoms with van der Waals surface area (Å²) in [4.78, 5) is 2.52. The van der Waals surface area contributed by atoms with Gasteiger partial charge in [0.25, 0.3) is 0 Å². The molecule has 0 spiro atoms. The Balaban J connectivity index is 1.80. The number of rotatable bonds is 3. The highest BCUT2D eigenvalue weighted by Crippen LogP contribution is 2.33. The van der Waals surface area contributed by atoms with Gasteiger partial charge in [-0.25, -0.2) is 0 Å². The summed E-state index contributed by atoms with van der Waals surface area (Å²) in [5.41, 5.74) is 4.74. The lowest BCUT2D eigenvalue weighted by molar-refractivity contribution is 0.250. The van der Waals surface area contributed by atoms with Gasteiger partial charge >= 0.3 is 0 Å². The van der Waals surface area contributed by atoms with Gasteiger partial charge in [0.05, 0.1) is 7.11 Å². The SMILES string of the molecule is COc1ccc(C[C@H]2C3=C(CC=CC3)CCN2C)cc1. The Morgan fingerprint density at radius 3 is 2.65 bits per heavy atom. The lowest BCUT2D eigenvalue weighted by Crippen LogP contribution is -2.40. The number of hydrogen-bond donors (Lipinski definition) is 0. The number of hydrogen-bond acceptors (Lipinski definition) is 2. The number of benzene rings is 1. The smallest absolute Gasteiger partial charge is 0.118 e. The number of ether oxygens (including phenoxy) is 1. The molecular weight excluding hydrogens is 246 g/mol. The zero-order valence-electron chi connectivity index (χ0n) is 12.4. The molecule has 1 heterocycles. The van der Waals surface area contributed by atoms with E-state index in [1.165, 1.54) is 24.9 Å². The monoisotopic (exact) mass is 269 g/mol. The molecule has 1 aliphatic carbocycles. The van der Waals surface area contributed by atoms with Gasteiger partial charge in [-0.3, -0.25) is 4.90 Å². The predicted molar refractivity (Wildman–Crippen MR) is 83.1 cm³/mol. The van der Waals surface area contributed by atoms with Gasteiger partial charge in [-0.15, -0.1) is 0 Å². The van der Waals surface area contributed by atoms with Gasteiger partial charge in [-0.1, -0.05) is 29.9 Å². The van der Waals surface area contributed by atoms with Crippen LogP contribution in [0.1, 0.15) is 24.8 Å². The van der Waals surface area contributed by atoms with Crippen molar-refractivity contribution in [3.63, 3.8) is 0 Å². The Bertz CT molecular complexity index is 527. The molecule has 20 heavy (non-hydrogen) atoms. The summed E-state index contributed by atoms with van der Waals surface area (Å²) < 4.78 is 5.24. The Morgan fingerprint density at radius 2 is 1.90 bits per heavy atom. The minimum atomic E-state index is 0.567. The Labute approximate surface area is 121 Å². The number of nitrogens with zero attached hydrogens (tertiary/aromatic N) is 1. The van der Waals surface area contributed by atoms with Gasteiger partial charge in [0.1, 0.15) is 5.75 Å². The van der Waals surface area contributed by atoms with E-state index in [1.807, 2.05) is 0 Å². The highest BCUT2D eigenvalue weighted by molar-refractivity contribution is 5.34. The fourth-order valence-corrected chi connectivity index (χ4v) is 3.34. The van der Waals surface area contributed by atoms with Crippen molar-refractivity contribution in [3.05, 3.63) is 53.1 Å². The van der Waals surface area contributed by atoms with E-state index >= 15 is 0 Å². The molecule has 106 valence electrons. The van der Waals surface area contributed by atoms with Crippen LogP contribution in [0, 0.1) is 0 Å². The third kappa shape index (κ3) is 2.66. The number of likely N-dealkylation sites (N-methyl/N-ethyl adjacent to an activating group) is 1. The molecule has 3 rings (SSSR count). The van der Waals surface area contributed by atoms with Crippen LogP contribution in [0.25, 0.3) is 0 Å². The lowest BCUT2D eigenvalue weighted by atomic mass is 9.83. The van der Waals surface area contributed by atoms with Crippen LogP contribution in [0.5, 0.6) is 5.75 Å². The summed E-state index contributed by atoms with van der Waals surface area (Å²) >= 11 is 0. The van der Waals surface area contributed by atoms with Crippen molar-refractivity contribution < 1.29 is 4.74 Å². The van der Waals surface area contributed by atoms with Gasteiger partial charge in [-0.2, -0.15) is 0 Å². The zero-order chi connectivity index (χ0) is 13.9. The zero-order valence-corrected chi connectivity index (χ0v) is 12.4. The molecule has 0 radical (unpaired) electrons. The third-order valence-corrected chi connectivity index (χ3v) is 4.61. The summed E-state index contributed by atoms with van der Waals surface area (Å²) in [6.07, 6.45) is 9.32. The molecule has 0 amide bonds. The maximum atomic E-state index is 5.24. The molecule has 0 bridgehead atoms. The second-order valence-corrected chi connectivity index (χ2v) is 5.81.